The van der Waals surface area contributed by atoms with Crippen LogP contribution in [0.15, 0.2) is 58.1 Å². The van der Waals surface area contributed by atoms with Crippen molar-refractivity contribution in [2.45, 2.75) is 0 Å². The zero-order valence-corrected chi connectivity index (χ0v) is 9.38. The first-order valence-corrected chi connectivity index (χ1v) is 5.39. The van der Waals surface area contributed by atoms with E-state index in [1.54, 1.807) is 17.9 Å². The van der Waals surface area contributed by atoms with Crippen molar-refractivity contribution in [3.8, 4) is 11.1 Å². The van der Waals surface area contributed by atoms with Crippen molar-refractivity contribution >= 4 is 11.0 Å². The van der Waals surface area contributed by atoms with Gasteiger partial charge in [0.2, 0.25) is 0 Å². The second kappa shape index (κ2) is 3.63. The Morgan fingerprint density at radius 2 is 1.88 bits per heavy atom. The van der Waals surface area contributed by atoms with E-state index in [1.807, 2.05) is 42.6 Å². The number of hydrogen-bond acceptors (Lipinski definition) is 2. The lowest BCUT2D eigenvalue weighted by atomic mass is 10.0. The number of aryl methyl sites for hydroxylation is 1. The molecule has 0 aliphatic heterocycles. The number of fused-ring (bicyclic) bond motifs is 1. The molecule has 0 unspecified atom stereocenters. The van der Waals surface area contributed by atoms with E-state index in [-0.39, 0.29) is 5.56 Å². The molecule has 2 heterocycles. The van der Waals surface area contributed by atoms with E-state index in [4.69, 9.17) is 4.42 Å². The molecule has 3 rings (SSSR count). The van der Waals surface area contributed by atoms with Gasteiger partial charge in [0.05, 0.1) is 6.26 Å². The summed E-state index contributed by atoms with van der Waals surface area (Å²) >= 11 is 0. The van der Waals surface area contributed by atoms with E-state index in [0.717, 1.165) is 16.5 Å². The maximum Gasteiger partial charge on any atom is 0.293 e. The van der Waals surface area contributed by atoms with Crippen LogP contribution in [0.1, 0.15) is 0 Å². The van der Waals surface area contributed by atoms with Crippen LogP contribution >= 0.6 is 0 Å². The summed E-state index contributed by atoms with van der Waals surface area (Å²) in [4.78, 5) is 11.8. The van der Waals surface area contributed by atoms with Gasteiger partial charge >= 0.3 is 0 Å². The Bertz CT molecular complexity index is 723. The number of furan rings is 1. The average molecular weight is 225 g/mol. The fraction of sp³-hybridized carbons (Fsp3) is 0.0714. The van der Waals surface area contributed by atoms with E-state index in [0.29, 0.717) is 5.58 Å². The minimum absolute atomic E-state index is 0.107. The third-order valence-corrected chi connectivity index (χ3v) is 2.88. The van der Waals surface area contributed by atoms with Crippen LogP contribution < -0.4 is 5.56 Å². The molecule has 0 spiro atoms. The molecule has 84 valence electrons. The molecule has 0 bridgehead atoms. The van der Waals surface area contributed by atoms with Crippen LogP contribution in [0.3, 0.4) is 0 Å². The Morgan fingerprint density at radius 3 is 2.65 bits per heavy atom. The molecule has 0 N–H and O–H groups in total. The molecule has 0 amide bonds. The van der Waals surface area contributed by atoms with Gasteiger partial charge in [0, 0.05) is 24.2 Å². The fourth-order valence-corrected chi connectivity index (χ4v) is 2.02. The van der Waals surface area contributed by atoms with Crippen molar-refractivity contribution in [1.82, 2.24) is 4.57 Å². The van der Waals surface area contributed by atoms with Crippen molar-refractivity contribution in [2.24, 2.45) is 7.05 Å². The molecule has 0 aliphatic rings. The van der Waals surface area contributed by atoms with Gasteiger partial charge in [-0.25, -0.2) is 0 Å². The van der Waals surface area contributed by atoms with E-state index in [1.165, 1.54) is 0 Å². The third kappa shape index (κ3) is 1.47. The highest BCUT2D eigenvalue weighted by Crippen LogP contribution is 2.26. The summed E-state index contributed by atoms with van der Waals surface area (Å²) in [6.07, 6.45) is 3.40. The topological polar surface area (TPSA) is 35.1 Å². The predicted octanol–water partition coefficient (Wildman–Crippen LogP) is 2.80. The zero-order valence-electron chi connectivity index (χ0n) is 9.38. The van der Waals surface area contributed by atoms with Crippen molar-refractivity contribution in [2.75, 3.05) is 0 Å². The molecule has 3 aromatic rings. The van der Waals surface area contributed by atoms with Crippen molar-refractivity contribution < 1.29 is 4.42 Å². The lowest BCUT2D eigenvalue weighted by molar-refractivity contribution is 0.605. The van der Waals surface area contributed by atoms with Gasteiger partial charge in [-0.15, -0.1) is 0 Å². The zero-order chi connectivity index (χ0) is 11.8. The first-order chi connectivity index (χ1) is 8.27. The van der Waals surface area contributed by atoms with Gasteiger partial charge in [0.25, 0.3) is 5.56 Å². The fourth-order valence-electron chi connectivity index (χ4n) is 2.02. The lowest BCUT2D eigenvalue weighted by Gasteiger charge is -2.05. The highest BCUT2D eigenvalue weighted by atomic mass is 16.3. The van der Waals surface area contributed by atoms with Crippen LogP contribution in [0.25, 0.3) is 22.1 Å². The number of hydrogen-bond donors (Lipinski definition) is 0. The molecule has 1 aromatic carbocycles. The molecule has 0 fully saturated rings. The third-order valence-electron chi connectivity index (χ3n) is 2.88. The molecule has 3 heteroatoms. The largest absolute Gasteiger partial charge is 0.458 e. The smallest absolute Gasteiger partial charge is 0.293 e. The minimum Gasteiger partial charge on any atom is -0.458 e. The monoisotopic (exact) mass is 225 g/mol. The summed E-state index contributed by atoms with van der Waals surface area (Å²) in [5.74, 6) is 0. The highest BCUT2D eigenvalue weighted by molar-refractivity contribution is 5.92. The van der Waals surface area contributed by atoms with Gasteiger partial charge in [-0.2, -0.15) is 0 Å². The Labute approximate surface area is 97.9 Å². The normalized spacial score (nSPS) is 10.9. The van der Waals surface area contributed by atoms with Gasteiger partial charge in [0.1, 0.15) is 0 Å². The molecule has 0 radical (unpaired) electrons. The summed E-state index contributed by atoms with van der Waals surface area (Å²) in [6.45, 7) is 0. The molecule has 0 saturated carbocycles. The van der Waals surface area contributed by atoms with Crippen LogP contribution in [0.2, 0.25) is 0 Å². The standard InChI is InChI=1S/C14H11NO2/c1-15-9-12(10-5-3-2-4-6-10)11-7-8-17-13(11)14(15)16/h2-9H,1H3. The number of aromatic nitrogens is 1. The summed E-state index contributed by atoms with van der Waals surface area (Å²) in [5.41, 5.74) is 2.39. The maximum absolute atomic E-state index is 11.8. The Morgan fingerprint density at radius 1 is 1.12 bits per heavy atom. The van der Waals surface area contributed by atoms with Crippen molar-refractivity contribution in [3.05, 3.63) is 59.2 Å². The van der Waals surface area contributed by atoms with E-state index in [9.17, 15) is 4.79 Å². The van der Waals surface area contributed by atoms with Crippen molar-refractivity contribution in [1.29, 1.82) is 0 Å². The summed E-state index contributed by atoms with van der Waals surface area (Å²) in [7, 11) is 1.73. The Hall–Kier alpha value is -2.29. The lowest BCUT2D eigenvalue weighted by Crippen LogP contribution is -2.15. The first kappa shape index (κ1) is 9.90. The van der Waals surface area contributed by atoms with Crippen molar-refractivity contribution in [3.63, 3.8) is 0 Å². The number of benzene rings is 1. The second-order valence-corrected chi connectivity index (χ2v) is 3.99. The molecule has 2 aromatic heterocycles. The summed E-state index contributed by atoms with van der Waals surface area (Å²) in [6, 6.07) is 11.8. The first-order valence-electron chi connectivity index (χ1n) is 5.39. The van der Waals surface area contributed by atoms with Crippen LogP contribution in [0.5, 0.6) is 0 Å². The second-order valence-electron chi connectivity index (χ2n) is 3.99. The molecular weight excluding hydrogens is 214 g/mol. The molecule has 0 saturated heterocycles. The highest BCUT2D eigenvalue weighted by Gasteiger charge is 2.10. The quantitative estimate of drug-likeness (QED) is 0.638. The van der Waals surface area contributed by atoms with Crippen LogP contribution in [-0.2, 0) is 7.05 Å². The Balaban J connectivity index is 2.42. The molecule has 17 heavy (non-hydrogen) atoms. The summed E-state index contributed by atoms with van der Waals surface area (Å²) < 4.78 is 6.81. The van der Waals surface area contributed by atoms with Gasteiger partial charge in [0.15, 0.2) is 5.58 Å². The SMILES string of the molecule is Cn1cc(-c2ccccc2)c2ccoc2c1=O. The maximum atomic E-state index is 11.8. The van der Waals surface area contributed by atoms with Crippen LogP contribution in [0, 0.1) is 0 Å². The van der Waals surface area contributed by atoms with Gasteiger partial charge < -0.3 is 8.98 Å². The molecule has 0 atom stereocenters. The average Bonchev–Trinajstić information content (AvgIpc) is 2.84. The van der Waals surface area contributed by atoms with Gasteiger partial charge in [-0.3, -0.25) is 4.79 Å². The molecule has 0 aliphatic carbocycles. The minimum atomic E-state index is -0.107. The molecular formula is C14H11NO2. The number of pyridine rings is 1. The number of nitrogens with zero attached hydrogens (tertiary/aromatic N) is 1. The van der Waals surface area contributed by atoms with E-state index in [2.05, 4.69) is 0 Å². The van der Waals surface area contributed by atoms with E-state index < -0.39 is 0 Å². The van der Waals surface area contributed by atoms with Gasteiger partial charge in [-0.05, 0) is 11.6 Å². The Kier molecular flexibility index (Phi) is 2.11. The predicted molar refractivity (Wildman–Crippen MR) is 66.9 cm³/mol. The van der Waals surface area contributed by atoms with Crippen LogP contribution in [-0.4, -0.2) is 4.57 Å². The van der Waals surface area contributed by atoms with Crippen LogP contribution in [0.4, 0.5) is 0 Å². The van der Waals surface area contributed by atoms with E-state index >= 15 is 0 Å². The summed E-state index contributed by atoms with van der Waals surface area (Å²) in [5, 5.41) is 0.860. The molecule has 3 nitrogen and oxygen atoms in total. The van der Waals surface area contributed by atoms with Gasteiger partial charge in [-0.1, -0.05) is 30.3 Å². The number of rotatable bonds is 1.